The van der Waals surface area contributed by atoms with Crippen LogP contribution in [0.4, 0.5) is 0 Å². The molecule has 31 heavy (non-hydrogen) atoms. The fourth-order valence-electron chi connectivity index (χ4n) is 2.23. The minimum absolute atomic E-state index is 0.0172. The second kappa shape index (κ2) is 17.4. The second-order valence-electron chi connectivity index (χ2n) is 6.02. The Bertz CT molecular complexity index is 640. The van der Waals surface area contributed by atoms with Gasteiger partial charge in [-0.25, -0.2) is 9.59 Å². The predicted molar refractivity (Wildman–Crippen MR) is 109 cm³/mol. The van der Waals surface area contributed by atoms with Crippen molar-refractivity contribution in [2.75, 3.05) is 79.2 Å². The highest BCUT2D eigenvalue weighted by Gasteiger charge is 2.14. The smallest absolute Gasteiger partial charge is 0.339 e. The number of carbonyl (C=O) groups is 2. The van der Waals surface area contributed by atoms with Crippen molar-refractivity contribution in [3.05, 3.63) is 29.3 Å². The summed E-state index contributed by atoms with van der Waals surface area (Å²) in [4.78, 5) is 22.2. The van der Waals surface area contributed by atoms with Crippen molar-refractivity contribution in [1.29, 1.82) is 0 Å². The lowest BCUT2D eigenvalue weighted by Gasteiger charge is -2.11. The van der Waals surface area contributed by atoms with E-state index >= 15 is 0 Å². The molecule has 176 valence electrons. The van der Waals surface area contributed by atoms with Gasteiger partial charge in [0.1, 0.15) is 17.9 Å². The lowest BCUT2D eigenvalue weighted by molar-refractivity contribution is -0.0122. The van der Waals surface area contributed by atoms with Crippen molar-refractivity contribution < 1.29 is 48.2 Å². The summed E-state index contributed by atoms with van der Waals surface area (Å²) >= 11 is 0. The van der Waals surface area contributed by atoms with Crippen LogP contribution in [0.15, 0.2) is 18.2 Å². The normalized spacial score (nSPS) is 10.9. The monoisotopic (exact) mass is 445 g/mol. The van der Waals surface area contributed by atoms with Crippen LogP contribution in [0, 0.1) is 0 Å². The number of hydrogen-bond acceptors (Lipinski definition) is 9. The molecule has 11 nitrogen and oxygen atoms in total. The van der Waals surface area contributed by atoms with Crippen LogP contribution < -0.4 is 10.5 Å². The molecule has 0 bridgehead atoms. The molecule has 0 amide bonds. The molecular weight excluding hydrogens is 414 g/mol. The van der Waals surface area contributed by atoms with Crippen LogP contribution in [0.25, 0.3) is 0 Å². The minimum Gasteiger partial charge on any atom is -0.490 e. The Hall–Kier alpha value is -2.28. The maximum Gasteiger partial charge on any atom is 0.339 e. The number of carboxylic acid groups (broad SMARTS) is 2. The molecule has 0 saturated carbocycles. The van der Waals surface area contributed by atoms with Crippen LogP contribution in [0.5, 0.6) is 5.75 Å². The molecule has 0 aliphatic heterocycles. The van der Waals surface area contributed by atoms with Crippen LogP contribution in [-0.4, -0.2) is 101 Å². The molecule has 0 fully saturated rings. The highest BCUT2D eigenvalue weighted by molar-refractivity contribution is 5.94. The van der Waals surface area contributed by atoms with Gasteiger partial charge in [0.2, 0.25) is 0 Å². The zero-order valence-corrected chi connectivity index (χ0v) is 17.5. The topological polar surface area (TPSA) is 156 Å². The van der Waals surface area contributed by atoms with Crippen molar-refractivity contribution in [2.45, 2.75) is 0 Å². The molecule has 1 aromatic carbocycles. The number of hydrogen-bond donors (Lipinski definition) is 3. The van der Waals surface area contributed by atoms with Gasteiger partial charge in [0.15, 0.2) is 0 Å². The SMILES string of the molecule is NCCOCCOCCOCCOCCOCCOc1cc(C(=O)O)ccc1C(=O)O. The van der Waals surface area contributed by atoms with Crippen LogP contribution in [0.2, 0.25) is 0 Å². The van der Waals surface area contributed by atoms with E-state index in [0.29, 0.717) is 66.0 Å². The van der Waals surface area contributed by atoms with E-state index in [4.69, 9.17) is 44.4 Å². The third-order valence-corrected chi connectivity index (χ3v) is 3.69. The standard InChI is InChI=1S/C20H31NO10/c21-3-4-26-5-6-27-7-8-28-9-10-29-11-12-30-13-14-31-18-15-16(19(22)23)1-2-17(18)20(24)25/h1-2,15H,3-14,21H2,(H,22,23)(H,24,25). The molecule has 11 heteroatoms. The quantitative estimate of drug-likeness (QED) is 0.240. The van der Waals surface area contributed by atoms with Gasteiger partial charge in [0.25, 0.3) is 0 Å². The average molecular weight is 445 g/mol. The number of aromatic carboxylic acids is 2. The Balaban J connectivity index is 1.99. The van der Waals surface area contributed by atoms with E-state index in [2.05, 4.69) is 0 Å². The highest BCUT2D eigenvalue weighted by atomic mass is 16.6. The van der Waals surface area contributed by atoms with Gasteiger partial charge in [-0.1, -0.05) is 0 Å². The van der Waals surface area contributed by atoms with Crippen LogP contribution in [-0.2, 0) is 23.7 Å². The summed E-state index contributed by atoms with van der Waals surface area (Å²) in [5.74, 6) is -2.39. The van der Waals surface area contributed by atoms with Crippen LogP contribution in [0.3, 0.4) is 0 Å². The van der Waals surface area contributed by atoms with Crippen LogP contribution >= 0.6 is 0 Å². The molecule has 0 aliphatic rings. The van der Waals surface area contributed by atoms with Crippen molar-refractivity contribution in [3.63, 3.8) is 0 Å². The maximum atomic E-state index is 11.2. The molecule has 0 unspecified atom stereocenters. The first-order valence-electron chi connectivity index (χ1n) is 9.88. The largest absolute Gasteiger partial charge is 0.490 e. The Morgan fingerprint density at radius 3 is 1.55 bits per heavy atom. The summed E-state index contributed by atoms with van der Waals surface area (Å²) in [7, 11) is 0. The van der Waals surface area contributed by atoms with Crippen molar-refractivity contribution in [3.8, 4) is 5.75 Å². The zero-order valence-electron chi connectivity index (χ0n) is 17.5. The first kappa shape index (κ1) is 26.8. The third kappa shape index (κ3) is 12.9. The van der Waals surface area contributed by atoms with Gasteiger partial charge in [0, 0.05) is 6.54 Å². The molecule has 0 saturated heterocycles. The van der Waals surface area contributed by atoms with Gasteiger partial charge in [-0.2, -0.15) is 0 Å². The van der Waals surface area contributed by atoms with E-state index in [9.17, 15) is 9.59 Å². The van der Waals surface area contributed by atoms with Crippen molar-refractivity contribution in [2.24, 2.45) is 5.73 Å². The molecular formula is C20H31NO10. The predicted octanol–water partition coefficient (Wildman–Crippen LogP) is 0.504. The maximum absolute atomic E-state index is 11.2. The molecule has 0 aromatic heterocycles. The number of benzene rings is 1. The van der Waals surface area contributed by atoms with Gasteiger partial charge in [-0.05, 0) is 18.2 Å². The molecule has 1 aromatic rings. The van der Waals surface area contributed by atoms with Crippen LogP contribution in [0.1, 0.15) is 20.7 Å². The zero-order chi connectivity index (χ0) is 22.7. The number of nitrogens with two attached hydrogens (primary N) is 1. The first-order chi connectivity index (χ1) is 15.1. The summed E-state index contributed by atoms with van der Waals surface area (Å²) < 4.78 is 31.9. The molecule has 0 heterocycles. The van der Waals surface area contributed by atoms with E-state index in [1.165, 1.54) is 18.2 Å². The third-order valence-electron chi connectivity index (χ3n) is 3.69. The lowest BCUT2D eigenvalue weighted by atomic mass is 10.1. The Kier molecular flexibility index (Phi) is 15.0. The number of carboxylic acids is 2. The first-order valence-corrected chi connectivity index (χ1v) is 9.88. The van der Waals surface area contributed by atoms with Crippen molar-refractivity contribution in [1.82, 2.24) is 0 Å². The van der Waals surface area contributed by atoms with E-state index in [1.54, 1.807) is 0 Å². The number of rotatable bonds is 20. The minimum atomic E-state index is -1.20. The summed E-state index contributed by atoms with van der Waals surface area (Å²) in [6.45, 7) is 4.82. The van der Waals surface area contributed by atoms with E-state index < -0.39 is 11.9 Å². The van der Waals surface area contributed by atoms with Gasteiger partial charge in [-0.15, -0.1) is 0 Å². The molecule has 0 radical (unpaired) electrons. The second-order valence-corrected chi connectivity index (χ2v) is 6.02. The molecule has 0 spiro atoms. The van der Waals surface area contributed by atoms with E-state index in [0.717, 1.165) is 0 Å². The summed E-state index contributed by atoms with van der Waals surface area (Å²) in [5.41, 5.74) is 5.12. The van der Waals surface area contributed by atoms with Gasteiger partial charge < -0.3 is 44.4 Å². The average Bonchev–Trinajstić information content (AvgIpc) is 2.75. The molecule has 4 N–H and O–H groups in total. The Morgan fingerprint density at radius 2 is 1.13 bits per heavy atom. The van der Waals surface area contributed by atoms with Gasteiger partial charge in [-0.3, -0.25) is 0 Å². The summed E-state index contributed by atoms with van der Waals surface area (Å²) in [6.07, 6.45) is 0. The van der Waals surface area contributed by atoms with Gasteiger partial charge >= 0.3 is 11.9 Å². The molecule has 0 atom stereocenters. The Morgan fingerprint density at radius 1 is 0.677 bits per heavy atom. The highest BCUT2D eigenvalue weighted by Crippen LogP contribution is 2.20. The fraction of sp³-hybridized carbons (Fsp3) is 0.600. The Labute approximate surface area is 180 Å². The molecule has 1 rings (SSSR count). The summed E-state index contributed by atoms with van der Waals surface area (Å²) in [6, 6.07) is 3.58. The number of ether oxygens (including phenoxy) is 6. The summed E-state index contributed by atoms with van der Waals surface area (Å²) in [5, 5.41) is 18.1. The lowest BCUT2D eigenvalue weighted by Crippen LogP contribution is -2.15. The van der Waals surface area contributed by atoms with E-state index in [1.807, 2.05) is 0 Å². The van der Waals surface area contributed by atoms with Gasteiger partial charge in [0.05, 0.1) is 71.6 Å². The van der Waals surface area contributed by atoms with Crippen molar-refractivity contribution >= 4 is 11.9 Å². The fourth-order valence-corrected chi connectivity index (χ4v) is 2.23. The van der Waals surface area contributed by atoms with E-state index in [-0.39, 0.29) is 30.1 Å². The molecule has 0 aliphatic carbocycles.